The molecule has 1 aromatic heterocycles. The molecule has 1 aliphatic heterocycles. The molecule has 5 heteroatoms. The number of aliphatic carboxylic acids is 1. The molecule has 0 bridgehead atoms. The van der Waals surface area contributed by atoms with E-state index in [2.05, 4.69) is 71.2 Å². The number of imidazole rings is 1. The Morgan fingerprint density at radius 3 is 2.51 bits per heavy atom. The number of carboxylic acid groups (broad SMARTS) is 1. The van der Waals surface area contributed by atoms with Crippen LogP contribution in [0.15, 0.2) is 54.7 Å². The van der Waals surface area contributed by atoms with E-state index in [9.17, 15) is 4.79 Å². The van der Waals surface area contributed by atoms with E-state index in [1.807, 2.05) is 0 Å². The SMILES string of the molecule is CN1CCc2ccc(-c3cn(CCCc4ccccc4)c(C4CCC(CCC(=O)O)CC4)n3)cc2CC1. The molecule has 1 fully saturated rings. The lowest BCUT2D eigenvalue weighted by molar-refractivity contribution is -0.137. The fourth-order valence-corrected chi connectivity index (χ4v) is 6.21. The lowest BCUT2D eigenvalue weighted by Gasteiger charge is -2.28. The van der Waals surface area contributed by atoms with Crippen molar-refractivity contribution in [2.24, 2.45) is 5.92 Å². The molecule has 0 saturated heterocycles. The zero-order valence-corrected chi connectivity index (χ0v) is 22.2. The largest absolute Gasteiger partial charge is 0.481 e. The summed E-state index contributed by atoms with van der Waals surface area (Å²) in [6.07, 6.45) is 12.2. The number of carbonyl (C=O) groups is 1. The number of likely N-dealkylation sites (N-methyl/N-ethyl adjacent to an activating group) is 1. The van der Waals surface area contributed by atoms with Crippen LogP contribution < -0.4 is 0 Å². The molecule has 3 aromatic rings. The minimum atomic E-state index is -0.673. The number of fused-ring (bicyclic) bond motifs is 1. The van der Waals surface area contributed by atoms with E-state index in [1.54, 1.807) is 0 Å². The lowest BCUT2D eigenvalue weighted by atomic mass is 9.79. The van der Waals surface area contributed by atoms with Crippen LogP contribution >= 0.6 is 0 Å². The molecule has 37 heavy (non-hydrogen) atoms. The molecule has 1 aliphatic carbocycles. The lowest BCUT2D eigenvalue weighted by Crippen LogP contribution is -2.20. The average Bonchev–Trinajstić information content (AvgIpc) is 3.25. The Morgan fingerprint density at radius 2 is 1.76 bits per heavy atom. The fraction of sp³-hybridized carbons (Fsp3) is 0.500. The smallest absolute Gasteiger partial charge is 0.303 e. The van der Waals surface area contributed by atoms with Crippen LogP contribution in [0, 0.1) is 5.92 Å². The number of rotatable bonds is 9. The molecule has 2 heterocycles. The van der Waals surface area contributed by atoms with Gasteiger partial charge in [0.15, 0.2) is 0 Å². The van der Waals surface area contributed by atoms with Crippen molar-refractivity contribution < 1.29 is 9.90 Å². The van der Waals surface area contributed by atoms with E-state index in [-0.39, 0.29) is 0 Å². The highest BCUT2D eigenvalue weighted by Crippen LogP contribution is 2.38. The van der Waals surface area contributed by atoms with Gasteiger partial charge in [-0.05, 0) is 93.5 Å². The Hall–Kier alpha value is -2.92. The van der Waals surface area contributed by atoms with Gasteiger partial charge in [0.05, 0.1) is 5.69 Å². The molecule has 0 amide bonds. The summed E-state index contributed by atoms with van der Waals surface area (Å²) >= 11 is 0. The maximum atomic E-state index is 11.0. The van der Waals surface area contributed by atoms with E-state index >= 15 is 0 Å². The van der Waals surface area contributed by atoms with Crippen molar-refractivity contribution in [3.63, 3.8) is 0 Å². The van der Waals surface area contributed by atoms with E-state index in [0.717, 1.165) is 83.1 Å². The first kappa shape index (κ1) is 25.7. The summed E-state index contributed by atoms with van der Waals surface area (Å²) in [5, 5.41) is 9.07. The number of carboxylic acids is 1. The monoisotopic (exact) mass is 499 g/mol. The number of benzene rings is 2. The zero-order valence-electron chi connectivity index (χ0n) is 22.2. The summed E-state index contributed by atoms with van der Waals surface area (Å²) in [4.78, 5) is 18.7. The van der Waals surface area contributed by atoms with Gasteiger partial charge in [0.25, 0.3) is 0 Å². The van der Waals surface area contributed by atoms with Crippen molar-refractivity contribution >= 4 is 5.97 Å². The first-order valence-corrected chi connectivity index (χ1v) is 14.2. The summed E-state index contributed by atoms with van der Waals surface area (Å²) in [5.41, 5.74) is 6.68. The Bertz CT molecular complexity index is 1180. The van der Waals surface area contributed by atoms with E-state index in [4.69, 9.17) is 10.1 Å². The maximum Gasteiger partial charge on any atom is 0.303 e. The third kappa shape index (κ3) is 6.70. The van der Waals surface area contributed by atoms with Crippen molar-refractivity contribution in [3.05, 3.63) is 77.2 Å². The van der Waals surface area contributed by atoms with Crippen molar-refractivity contribution in [3.8, 4) is 11.3 Å². The van der Waals surface area contributed by atoms with Crippen LogP contribution in [-0.2, 0) is 30.6 Å². The highest BCUT2D eigenvalue weighted by molar-refractivity contribution is 5.66. The Balaban J connectivity index is 1.34. The van der Waals surface area contributed by atoms with Gasteiger partial charge >= 0.3 is 5.97 Å². The second kappa shape index (κ2) is 12.1. The minimum Gasteiger partial charge on any atom is -0.481 e. The molecule has 196 valence electrons. The molecule has 1 N–H and O–H groups in total. The standard InChI is InChI=1S/C32H41N3O2/c1-34-20-17-26-14-15-29(22-28(26)18-21-34)30-23-35(19-5-8-24-6-3-2-4-7-24)32(33-30)27-12-9-25(10-13-27)11-16-31(36)37/h2-4,6-7,14-15,22-23,25,27H,5,8-13,16-21H2,1H3,(H,36,37). The highest BCUT2D eigenvalue weighted by atomic mass is 16.4. The van der Waals surface area contributed by atoms with Gasteiger partial charge in [0.1, 0.15) is 5.82 Å². The van der Waals surface area contributed by atoms with Crippen LogP contribution in [0.2, 0.25) is 0 Å². The first-order chi connectivity index (χ1) is 18.0. The van der Waals surface area contributed by atoms with Gasteiger partial charge in [-0.25, -0.2) is 4.98 Å². The van der Waals surface area contributed by atoms with Crippen molar-refractivity contribution in [1.82, 2.24) is 14.5 Å². The van der Waals surface area contributed by atoms with E-state index in [1.165, 1.54) is 28.1 Å². The van der Waals surface area contributed by atoms with Gasteiger partial charge in [-0.1, -0.05) is 42.5 Å². The number of aromatic nitrogens is 2. The molecule has 0 spiro atoms. The molecule has 0 radical (unpaired) electrons. The second-order valence-corrected chi connectivity index (χ2v) is 11.2. The topological polar surface area (TPSA) is 58.4 Å². The average molecular weight is 500 g/mol. The van der Waals surface area contributed by atoms with Gasteiger partial charge in [-0.2, -0.15) is 0 Å². The number of nitrogens with zero attached hydrogens (tertiary/aromatic N) is 3. The zero-order chi connectivity index (χ0) is 25.6. The Labute approximate surface area is 221 Å². The quantitative estimate of drug-likeness (QED) is 0.373. The predicted octanol–water partition coefficient (Wildman–Crippen LogP) is 6.35. The molecule has 5 rings (SSSR count). The van der Waals surface area contributed by atoms with E-state index in [0.29, 0.717) is 18.3 Å². The molecule has 2 aliphatic rings. The summed E-state index contributed by atoms with van der Waals surface area (Å²) in [6.45, 7) is 3.22. The molecule has 0 atom stereocenters. The Morgan fingerprint density at radius 1 is 1.00 bits per heavy atom. The van der Waals surface area contributed by atoms with Crippen LogP contribution in [0.25, 0.3) is 11.3 Å². The molecule has 5 nitrogen and oxygen atoms in total. The third-order valence-corrected chi connectivity index (χ3v) is 8.52. The maximum absolute atomic E-state index is 11.0. The Kier molecular flexibility index (Phi) is 8.40. The van der Waals surface area contributed by atoms with Crippen LogP contribution in [0.4, 0.5) is 0 Å². The summed E-state index contributed by atoms with van der Waals surface area (Å²) in [5.74, 6) is 1.56. The first-order valence-electron chi connectivity index (χ1n) is 14.2. The summed E-state index contributed by atoms with van der Waals surface area (Å²) in [6, 6.07) is 17.7. The highest BCUT2D eigenvalue weighted by Gasteiger charge is 2.27. The van der Waals surface area contributed by atoms with Gasteiger partial charge in [0, 0.05) is 43.7 Å². The van der Waals surface area contributed by atoms with Crippen LogP contribution in [0.3, 0.4) is 0 Å². The minimum absolute atomic E-state index is 0.293. The molecule has 0 unspecified atom stereocenters. The van der Waals surface area contributed by atoms with Crippen molar-refractivity contribution in [2.45, 2.75) is 76.7 Å². The third-order valence-electron chi connectivity index (χ3n) is 8.52. The van der Waals surface area contributed by atoms with Gasteiger partial charge in [-0.15, -0.1) is 0 Å². The molecule has 2 aromatic carbocycles. The number of hydrogen-bond acceptors (Lipinski definition) is 3. The molecular weight excluding hydrogens is 458 g/mol. The van der Waals surface area contributed by atoms with Gasteiger partial charge in [-0.3, -0.25) is 4.79 Å². The number of aryl methyl sites for hydroxylation is 2. The van der Waals surface area contributed by atoms with Crippen LogP contribution in [0.1, 0.15) is 73.4 Å². The second-order valence-electron chi connectivity index (χ2n) is 11.2. The van der Waals surface area contributed by atoms with Gasteiger partial charge in [0.2, 0.25) is 0 Å². The van der Waals surface area contributed by atoms with Crippen molar-refractivity contribution in [1.29, 1.82) is 0 Å². The predicted molar refractivity (Wildman–Crippen MR) is 149 cm³/mol. The summed E-state index contributed by atoms with van der Waals surface area (Å²) < 4.78 is 2.43. The van der Waals surface area contributed by atoms with Gasteiger partial charge < -0.3 is 14.6 Å². The summed E-state index contributed by atoms with van der Waals surface area (Å²) in [7, 11) is 2.21. The normalized spacial score (nSPS) is 20.4. The van der Waals surface area contributed by atoms with Crippen molar-refractivity contribution in [2.75, 3.05) is 20.1 Å². The van der Waals surface area contributed by atoms with Crippen LogP contribution in [-0.4, -0.2) is 45.7 Å². The number of hydrogen-bond donors (Lipinski definition) is 1. The van der Waals surface area contributed by atoms with E-state index < -0.39 is 5.97 Å². The van der Waals surface area contributed by atoms with Crippen LogP contribution in [0.5, 0.6) is 0 Å². The fourth-order valence-electron chi connectivity index (χ4n) is 6.21. The molecule has 1 saturated carbocycles. The molecular formula is C32H41N3O2.